The molecular formula is C21H24N6O. The molecule has 0 atom stereocenters. The van der Waals surface area contributed by atoms with Gasteiger partial charge in [-0.05, 0) is 44.5 Å². The minimum absolute atomic E-state index is 0.242. The summed E-state index contributed by atoms with van der Waals surface area (Å²) in [5.74, 6) is 1.35. The van der Waals surface area contributed by atoms with Crippen LogP contribution in [0.1, 0.15) is 40.5 Å². The fourth-order valence-electron chi connectivity index (χ4n) is 3.41. The number of hydrogen-bond donors (Lipinski definition) is 2. The maximum Gasteiger partial charge on any atom is 0.259 e. The van der Waals surface area contributed by atoms with Crippen molar-refractivity contribution < 1.29 is 4.79 Å². The average Bonchev–Trinajstić information content (AvgIpc) is 3.09. The highest BCUT2D eigenvalue weighted by atomic mass is 16.1. The molecule has 1 fully saturated rings. The van der Waals surface area contributed by atoms with Gasteiger partial charge in [0.2, 0.25) is 5.95 Å². The number of nitrogens with zero attached hydrogens (tertiary/aromatic N) is 4. The van der Waals surface area contributed by atoms with Gasteiger partial charge >= 0.3 is 0 Å². The molecule has 2 N–H and O–H groups in total. The number of benzene rings is 1. The molecule has 0 bridgehead atoms. The molecule has 4 rings (SSSR count). The van der Waals surface area contributed by atoms with Gasteiger partial charge in [0.15, 0.2) is 5.82 Å². The summed E-state index contributed by atoms with van der Waals surface area (Å²) in [6, 6.07) is 10.00. The van der Waals surface area contributed by atoms with Crippen LogP contribution in [0.2, 0.25) is 0 Å². The molecule has 3 heterocycles. The Kier molecular flexibility index (Phi) is 5.16. The molecule has 1 aliphatic rings. The van der Waals surface area contributed by atoms with Crippen LogP contribution in [0.25, 0.3) is 11.1 Å². The van der Waals surface area contributed by atoms with Crippen LogP contribution in [0.3, 0.4) is 0 Å². The second-order valence-electron chi connectivity index (χ2n) is 7.22. The van der Waals surface area contributed by atoms with Crippen LogP contribution in [0.5, 0.6) is 0 Å². The number of aryl methyl sites for hydroxylation is 2. The van der Waals surface area contributed by atoms with E-state index >= 15 is 0 Å². The topological polar surface area (TPSA) is 84.7 Å². The molecule has 28 heavy (non-hydrogen) atoms. The van der Waals surface area contributed by atoms with Crippen LogP contribution in [-0.2, 0) is 7.05 Å². The summed E-state index contributed by atoms with van der Waals surface area (Å²) < 4.78 is 1.63. The quantitative estimate of drug-likeness (QED) is 0.731. The Morgan fingerprint density at radius 2 is 1.89 bits per heavy atom. The van der Waals surface area contributed by atoms with Crippen molar-refractivity contribution in [2.45, 2.75) is 25.7 Å². The summed E-state index contributed by atoms with van der Waals surface area (Å²) in [7, 11) is 1.80. The normalized spacial score (nSPS) is 14.8. The predicted molar refractivity (Wildman–Crippen MR) is 108 cm³/mol. The monoisotopic (exact) mass is 376 g/mol. The molecule has 0 unspecified atom stereocenters. The number of anilines is 1. The van der Waals surface area contributed by atoms with E-state index in [2.05, 4.69) is 25.7 Å². The molecular weight excluding hydrogens is 352 g/mol. The zero-order valence-electron chi connectivity index (χ0n) is 16.1. The minimum atomic E-state index is -0.242. The number of aromatic nitrogens is 4. The van der Waals surface area contributed by atoms with Gasteiger partial charge in [0.1, 0.15) is 0 Å². The standard InChI is InChI=1S/C21H24N6O/c1-14-3-5-15(6-4-14)17-11-18(13-23-12-17)20(28)25-21-24-19(26-27(21)2)16-7-9-22-10-8-16/h3-6,11-13,16,22H,7-10H2,1-2H3,(H,24,25,26,28). The van der Waals surface area contributed by atoms with Crippen molar-refractivity contribution in [3.05, 3.63) is 59.7 Å². The molecule has 1 amide bonds. The Balaban J connectivity index is 1.52. The summed E-state index contributed by atoms with van der Waals surface area (Å²) in [6.45, 7) is 4.00. The van der Waals surface area contributed by atoms with E-state index in [0.717, 1.165) is 42.9 Å². The molecule has 144 valence electrons. The van der Waals surface area contributed by atoms with Crippen molar-refractivity contribution in [1.29, 1.82) is 0 Å². The first-order chi connectivity index (χ1) is 13.6. The summed E-state index contributed by atoms with van der Waals surface area (Å²) in [5.41, 5.74) is 3.61. The minimum Gasteiger partial charge on any atom is -0.317 e. The van der Waals surface area contributed by atoms with E-state index < -0.39 is 0 Å². The Morgan fingerprint density at radius 3 is 2.64 bits per heavy atom. The highest BCUT2D eigenvalue weighted by Crippen LogP contribution is 2.24. The first-order valence-corrected chi connectivity index (χ1v) is 9.55. The van der Waals surface area contributed by atoms with Crippen LogP contribution in [0, 0.1) is 6.92 Å². The molecule has 0 radical (unpaired) electrons. The number of carbonyl (C=O) groups excluding carboxylic acids is 1. The molecule has 2 aromatic heterocycles. The van der Waals surface area contributed by atoms with Crippen molar-refractivity contribution in [2.75, 3.05) is 18.4 Å². The molecule has 1 saturated heterocycles. The third kappa shape index (κ3) is 3.94. The molecule has 0 spiro atoms. The van der Waals surface area contributed by atoms with E-state index in [1.165, 1.54) is 5.56 Å². The first kappa shape index (κ1) is 18.3. The molecule has 7 nitrogen and oxygen atoms in total. The molecule has 3 aromatic rings. The first-order valence-electron chi connectivity index (χ1n) is 9.55. The zero-order valence-corrected chi connectivity index (χ0v) is 16.1. The average molecular weight is 376 g/mol. The summed E-state index contributed by atoms with van der Waals surface area (Å²) in [6.07, 6.45) is 5.36. The van der Waals surface area contributed by atoms with Crippen LogP contribution < -0.4 is 10.6 Å². The van der Waals surface area contributed by atoms with E-state index in [1.807, 2.05) is 37.3 Å². The van der Waals surface area contributed by atoms with Gasteiger partial charge in [0, 0.05) is 30.9 Å². The van der Waals surface area contributed by atoms with Crippen molar-refractivity contribution in [3.63, 3.8) is 0 Å². The third-order valence-electron chi connectivity index (χ3n) is 5.09. The van der Waals surface area contributed by atoms with Gasteiger partial charge in [-0.2, -0.15) is 10.1 Å². The second-order valence-corrected chi connectivity index (χ2v) is 7.22. The number of piperidine rings is 1. The van der Waals surface area contributed by atoms with Gasteiger partial charge in [-0.3, -0.25) is 15.1 Å². The molecule has 7 heteroatoms. The number of rotatable bonds is 4. The van der Waals surface area contributed by atoms with E-state index in [0.29, 0.717) is 17.4 Å². The largest absolute Gasteiger partial charge is 0.317 e. The highest BCUT2D eigenvalue weighted by molar-refractivity contribution is 6.03. The van der Waals surface area contributed by atoms with Gasteiger partial charge in [0.25, 0.3) is 5.91 Å². The highest BCUT2D eigenvalue weighted by Gasteiger charge is 2.21. The molecule has 1 aliphatic heterocycles. The van der Waals surface area contributed by atoms with Crippen LogP contribution in [-0.4, -0.2) is 38.7 Å². The number of pyridine rings is 1. The number of nitrogens with one attached hydrogen (secondary N) is 2. The summed E-state index contributed by atoms with van der Waals surface area (Å²) in [4.78, 5) is 21.5. The van der Waals surface area contributed by atoms with Crippen molar-refractivity contribution >= 4 is 11.9 Å². The number of hydrogen-bond acceptors (Lipinski definition) is 5. The molecule has 0 saturated carbocycles. The van der Waals surface area contributed by atoms with Crippen LogP contribution in [0.15, 0.2) is 42.7 Å². The summed E-state index contributed by atoms with van der Waals surface area (Å²) >= 11 is 0. The van der Waals surface area contributed by atoms with Gasteiger partial charge in [-0.25, -0.2) is 4.68 Å². The Morgan fingerprint density at radius 1 is 1.14 bits per heavy atom. The van der Waals surface area contributed by atoms with Crippen LogP contribution in [0.4, 0.5) is 5.95 Å². The maximum absolute atomic E-state index is 12.7. The number of amides is 1. The smallest absolute Gasteiger partial charge is 0.259 e. The maximum atomic E-state index is 12.7. The van der Waals surface area contributed by atoms with E-state index in [1.54, 1.807) is 24.1 Å². The van der Waals surface area contributed by atoms with E-state index in [9.17, 15) is 4.79 Å². The van der Waals surface area contributed by atoms with Crippen molar-refractivity contribution in [2.24, 2.45) is 7.05 Å². The Hall–Kier alpha value is -3.06. The summed E-state index contributed by atoms with van der Waals surface area (Å²) in [5, 5.41) is 10.7. The lowest BCUT2D eigenvalue weighted by molar-refractivity contribution is 0.102. The fraction of sp³-hybridized carbons (Fsp3) is 0.333. The lowest BCUT2D eigenvalue weighted by atomic mass is 9.98. The van der Waals surface area contributed by atoms with Gasteiger partial charge in [-0.1, -0.05) is 29.8 Å². The lowest BCUT2D eigenvalue weighted by Gasteiger charge is -2.19. The fourth-order valence-corrected chi connectivity index (χ4v) is 3.41. The van der Waals surface area contributed by atoms with E-state index in [-0.39, 0.29) is 5.91 Å². The van der Waals surface area contributed by atoms with Crippen molar-refractivity contribution in [1.82, 2.24) is 25.1 Å². The molecule has 0 aliphatic carbocycles. The Labute approximate surface area is 164 Å². The van der Waals surface area contributed by atoms with Gasteiger partial charge in [-0.15, -0.1) is 0 Å². The lowest BCUT2D eigenvalue weighted by Crippen LogP contribution is -2.27. The van der Waals surface area contributed by atoms with Gasteiger partial charge < -0.3 is 5.32 Å². The second kappa shape index (κ2) is 7.90. The predicted octanol–water partition coefficient (Wildman–Crippen LogP) is 2.90. The van der Waals surface area contributed by atoms with Crippen molar-refractivity contribution in [3.8, 4) is 11.1 Å². The van der Waals surface area contributed by atoms with E-state index in [4.69, 9.17) is 0 Å². The Bertz CT molecular complexity index is 973. The third-order valence-corrected chi connectivity index (χ3v) is 5.09. The number of carbonyl (C=O) groups is 1. The van der Waals surface area contributed by atoms with Crippen LogP contribution >= 0.6 is 0 Å². The van der Waals surface area contributed by atoms with Gasteiger partial charge in [0.05, 0.1) is 5.56 Å². The molecule has 1 aromatic carbocycles. The SMILES string of the molecule is Cc1ccc(-c2cncc(C(=O)Nc3nc(C4CCNCC4)nn3C)c2)cc1. The zero-order chi connectivity index (χ0) is 19.5.